The summed E-state index contributed by atoms with van der Waals surface area (Å²) in [6.07, 6.45) is 6.56. The van der Waals surface area contributed by atoms with Gasteiger partial charge in [0.15, 0.2) is 0 Å². The van der Waals surface area contributed by atoms with Gasteiger partial charge in [-0.05, 0) is 18.4 Å². The minimum absolute atomic E-state index is 1.07. The third-order valence-corrected chi connectivity index (χ3v) is 3.46. The van der Waals surface area contributed by atoms with Gasteiger partial charge < -0.3 is 0 Å². The number of nitrogens with one attached hydrogen (secondary N) is 1. The Hall–Kier alpha value is -0.470. The predicted molar refractivity (Wildman–Crippen MR) is 74.7 cm³/mol. The molecule has 0 atom stereocenters. The second-order valence-corrected chi connectivity index (χ2v) is 5.02. The van der Waals surface area contributed by atoms with Crippen LogP contribution >= 0.6 is 11.9 Å². The molecule has 0 amide bonds. The van der Waals surface area contributed by atoms with E-state index in [1.807, 2.05) is 11.9 Å². The molecule has 0 fully saturated rings. The Morgan fingerprint density at radius 2 is 1.88 bits per heavy atom. The van der Waals surface area contributed by atoms with E-state index in [0.717, 1.165) is 13.0 Å². The quantitative estimate of drug-likeness (QED) is 0.514. The molecule has 0 spiro atoms. The zero-order valence-corrected chi connectivity index (χ0v) is 11.1. The van der Waals surface area contributed by atoms with E-state index in [2.05, 4.69) is 42.0 Å². The predicted octanol–water partition coefficient (Wildman–Crippen LogP) is 4.05. The third-order valence-electron chi connectivity index (χ3n) is 2.56. The Bertz CT molecular complexity index is 248. The minimum Gasteiger partial charge on any atom is -0.264 e. The van der Waals surface area contributed by atoms with Gasteiger partial charge in [-0.25, -0.2) is 0 Å². The summed E-state index contributed by atoms with van der Waals surface area (Å²) in [5, 5.41) is 0. The van der Waals surface area contributed by atoms with Crippen molar-refractivity contribution >= 4 is 11.9 Å². The van der Waals surface area contributed by atoms with Crippen LogP contribution in [0.3, 0.4) is 0 Å². The molecule has 1 N–H and O–H groups in total. The number of hydrogen-bond donors (Lipinski definition) is 1. The molecular weight excluding hydrogens is 214 g/mol. The van der Waals surface area contributed by atoms with Crippen molar-refractivity contribution in [1.29, 1.82) is 0 Å². The highest BCUT2D eigenvalue weighted by Gasteiger charge is 1.92. The van der Waals surface area contributed by atoms with Crippen LogP contribution in [0.5, 0.6) is 0 Å². The Labute approximate surface area is 104 Å². The van der Waals surface area contributed by atoms with Crippen molar-refractivity contribution in [1.82, 2.24) is 4.72 Å². The maximum Gasteiger partial charge on any atom is 0.00990 e. The summed E-state index contributed by atoms with van der Waals surface area (Å²) >= 11 is 1.87. The lowest BCUT2D eigenvalue weighted by Gasteiger charge is -2.04. The zero-order valence-electron chi connectivity index (χ0n) is 10.2. The standard InChI is InChI=1S/C14H23NS/c1-2-3-4-8-13-16-15-12-11-14-9-6-5-7-10-14/h5-7,9-10,15H,2-4,8,11-13H2,1H3. The molecule has 2 heteroatoms. The lowest BCUT2D eigenvalue weighted by molar-refractivity contribution is 0.705. The van der Waals surface area contributed by atoms with Crippen LogP contribution in [0, 0.1) is 0 Å². The van der Waals surface area contributed by atoms with Crippen molar-refractivity contribution in [2.75, 3.05) is 12.3 Å². The molecule has 1 nitrogen and oxygen atoms in total. The van der Waals surface area contributed by atoms with Crippen LogP contribution in [-0.2, 0) is 6.42 Å². The Kier molecular flexibility index (Phi) is 8.27. The second kappa shape index (κ2) is 9.73. The zero-order chi connectivity index (χ0) is 11.5. The Balaban J connectivity index is 1.89. The van der Waals surface area contributed by atoms with Crippen molar-refractivity contribution in [2.24, 2.45) is 0 Å². The van der Waals surface area contributed by atoms with Gasteiger partial charge in [-0.1, -0.05) is 68.5 Å². The molecule has 0 aromatic heterocycles. The first kappa shape index (κ1) is 13.6. The molecule has 0 aliphatic carbocycles. The van der Waals surface area contributed by atoms with Gasteiger partial charge in [0, 0.05) is 12.3 Å². The summed E-state index contributed by atoms with van der Waals surface area (Å²) in [6.45, 7) is 3.33. The maximum absolute atomic E-state index is 3.43. The van der Waals surface area contributed by atoms with Gasteiger partial charge >= 0.3 is 0 Å². The summed E-state index contributed by atoms with van der Waals surface area (Å²) in [5.41, 5.74) is 1.42. The molecule has 1 aromatic carbocycles. The molecule has 0 radical (unpaired) electrons. The monoisotopic (exact) mass is 237 g/mol. The maximum atomic E-state index is 3.43. The molecule has 0 heterocycles. The van der Waals surface area contributed by atoms with Gasteiger partial charge in [0.05, 0.1) is 0 Å². The molecule has 0 unspecified atom stereocenters. The molecule has 90 valence electrons. The first-order chi connectivity index (χ1) is 7.93. The number of hydrogen-bond acceptors (Lipinski definition) is 2. The summed E-state index contributed by atoms with van der Waals surface area (Å²) in [7, 11) is 0. The number of benzene rings is 1. The van der Waals surface area contributed by atoms with Crippen molar-refractivity contribution in [3.63, 3.8) is 0 Å². The fourth-order valence-corrected chi connectivity index (χ4v) is 2.32. The van der Waals surface area contributed by atoms with Crippen molar-refractivity contribution < 1.29 is 0 Å². The van der Waals surface area contributed by atoms with Crippen LogP contribution in [0.1, 0.15) is 38.2 Å². The number of unbranched alkanes of at least 4 members (excludes halogenated alkanes) is 3. The fourth-order valence-electron chi connectivity index (χ4n) is 1.59. The van der Waals surface area contributed by atoms with E-state index in [1.54, 1.807) is 0 Å². The molecule has 0 aliphatic heterocycles. The highest BCUT2D eigenvalue weighted by atomic mass is 32.2. The third kappa shape index (κ3) is 6.91. The molecule has 0 saturated heterocycles. The molecule has 0 aliphatic rings. The van der Waals surface area contributed by atoms with E-state index >= 15 is 0 Å². The smallest absolute Gasteiger partial charge is 0.00990 e. The summed E-state index contributed by atoms with van der Waals surface area (Å²) in [4.78, 5) is 0. The van der Waals surface area contributed by atoms with Gasteiger partial charge in [-0.15, -0.1) is 0 Å². The van der Waals surface area contributed by atoms with E-state index in [1.165, 1.54) is 37.0 Å². The lowest BCUT2D eigenvalue weighted by Crippen LogP contribution is -2.09. The molecule has 1 rings (SSSR count). The average Bonchev–Trinajstić information content (AvgIpc) is 2.34. The first-order valence-electron chi connectivity index (χ1n) is 6.32. The van der Waals surface area contributed by atoms with E-state index in [0.29, 0.717) is 0 Å². The van der Waals surface area contributed by atoms with Crippen LogP contribution in [0.25, 0.3) is 0 Å². The summed E-state index contributed by atoms with van der Waals surface area (Å²) < 4.78 is 3.43. The van der Waals surface area contributed by atoms with Crippen molar-refractivity contribution in [3.05, 3.63) is 35.9 Å². The highest BCUT2D eigenvalue weighted by molar-refractivity contribution is 7.97. The lowest BCUT2D eigenvalue weighted by atomic mass is 10.2. The van der Waals surface area contributed by atoms with E-state index in [4.69, 9.17) is 0 Å². The van der Waals surface area contributed by atoms with Gasteiger partial charge in [0.25, 0.3) is 0 Å². The molecule has 16 heavy (non-hydrogen) atoms. The van der Waals surface area contributed by atoms with Crippen molar-refractivity contribution in [3.8, 4) is 0 Å². The normalized spacial score (nSPS) is 10.6. The van der Waals surface area contributed by atoms with Crippen LogP contribution in [0.2, 0.25) is 0 Å². The van der Waals surface area contributed by atoms with Crippen LogP contribution in [0.4, 0.5) is 0 Å². The van der Waals surface area contributed by atoms with Crippen molar-refractivity contribution in [2.45, 2.75) is 39.0 Å². The molecule has 0 saturated carbocycles. The molecular formula is C14H23NS. The second-order valence-electron chi connectivity index (χ2n) is 4.04. The van der Waals surface area contributed by atoms with E-state index < -0.39 is 0 Å². The van der Waals surface area contributed by atoms with Gasteiger partial charge in [0.2, 0.25) is 0 Å². The summed E-state index contributed by atoms with van der Waals surface area (Å²) in [5.74, 6) is 1.24. The van der Waals surface area contributed by atoms with Crippen LogP contribution in [-0.4, -0.2) is 12.3 Å². The van der Waals surface area contributed by atoms with Gasteiger partial charge in [-0.2, -0.15) is 0 Å². The first-order valence-corrected chi connectivity index (χ1v) is 7.30. The highest BCUT2D eigenvalue weighted by Crippen LogP contribution is 2.05. The van der Waals surface area contributed by atoms with Crippen LogP contribution in [0.15, 0.2) is 30.3 Å². The Morgan fingerprint density at radius 3 is 2.62 bits per heavy atom. The Morgan fingerprint density at radius 1 is 1.06 bits per heavy atom. The SMILES string of the molecule is CCCCCCSNCCc1ccccc1. The largest absolute Gasteiger partial charge is 0.264 e. The number of rotatable bonds is 9. The molecule has 1 aromatic rings. The van der Waals surface area contributed by atoms with E-state index in [9.17, 15) is 0 Å². The summed E-state index contributed by atoms with van der Waals surface area (Å²) in [6, 6.07) is 10.7. The van der Waals surface area contributed by atoms with Crippen LogP contribution < -0.4 is 4.72 Å². The fraction of sp³-hybridized carbons (Fsp3) is 0.571. The van der Waals surface area contributed by atoms with E-state index in [-0.39, 0.29) is 0 Å². The molecule has 0 bridgehead atoms. The minimum atomic E-state index is 1.07. The topological polar surface area (TPSA) is 12.0 Å². The van der Waals surface area contributed by atoms with Gasteiger partial charge in [0.1, 0.15) is 0 Å². The van der Waals surface area contributed by atoms with Gasteiger partial charge in [-0.3, -0.25) is 4.72 Å². The average molecular weight is 237 g/mol.